The number of carbonyl (C=O) groups is 1. The van der Waals surface area contributed by atoms with Crippen molar-refractivity contribution in [1.82, 2.24) is 5.32 Å². The van der Waals surface area contributed by atoms with Crippen molar-refractivity contribution in [3.8, 4) is 0 Å². The summed E-state index contributed by atoms with van der Waals surface area (Å²) in [5, 5.41) is 6.29. The van der Waals surface area contributed by atoms with Crippen LogP contribution in [0.25, 0.3) is 0 Å². The van der Waals surface area contributed by atoms with Gasteiger partial charge in [0, 0.05) is 21.4 Å². The lowest BCUT2D eigenvalue weighted by Gasteiger charge is -2.13. The van der Waals surface area contributed by atoms with Crippen LogP contribution in [0.15, 0.2) is 21.1 Å². The van der Waals surface area contributed by atoms with Crippen LogP contribution in [0.1, 0.15) is 24.8 Å². The van der Waals surface area contributed by atoms with Crippen LogP contribution in [-0.4, -0.2) is 18.5 Å². The molecule has 0 aromatic heterocycles. The molecule has 5 heteroatoms. The highest BCUT2D eigenvalue weighted by atomic mass is 79.9. The maximum atomic E-state index is 12.0. The second-order valence-corrected chi connectivity index (χ2v) is 6.36. The Morgan fingerprint density at radius 2 is 2.11 bits per heavy atom. The van der Waals surface area contributed by atoms with Crippen LogP contribution in [0, 0.1) is 6.92 Å². The second kappa shape index (κ2) is 6.17. The van der Waals surface area contributed by atoms with E-state index in [2.05, 4.69) is 42.5 Å². The van der Waals surface area contributed by atoms with Crippen molar-refractivity contribution in [2.45, 2.75) is 32.2 Å². The predicted octanol–water partition coefficient (Wildman–Crippen LogP) is 3.60. The van der Waals surface area contributed by atoms with Crippen molar-refractivity contribution >= 4 is 43.5 Å². The van der Waals surface area contributed by atoms with Gasteiger partial charge in [0.1, 0.15) is 0 Å². The summed E-state index contributed by atoms with van der Waals surface area (Å²) < 4.78 is 1.81. The van der Waals surface area contributed by atoms with Gasteiger partial charge in [-0.05, 0) is 75.9 Å². The van der Waals surface area contributed by atoms with Crippen molar-refractivity contribution < 1.29 is 4.79 Å². The third-order valence-corrected chi connectivity index (χ3v) is 4.30. The van der Waals surface area contributed by atoms with Crippen LogP contribution in [0.3, 0.4) is 0 Å². The van der Waals surface area contributed by atoms with Gasteiger partial charge in [0.2, 0.25) is 5.91 Å². The first-order valence-electron chi connectivity index (χ1n) is 6.05. The first-order chi connectivity index (χ1) is 8.56. The number of rotatable bonds is 3. The molecule has 1 aliphatic rings. The zero-order chi connectivity index (χ0) is 13.1. The van der Waals surface area contributed by atoms with E-state index in [-0.39, 0.29) is 5.91 Å². The van der Waals surface area contributed by atoms with Crippen LogP contribution in [0.2, 0.25) is 0 Å². The van der Waals surface area contributed by atoms with Crippen molar-refractivity contribution in [2.24, 2.45) is 0 Å². The van der Waals surface area contributed by atoms with Gasteiger partial charge in [-0.25, -0.2) is 0 Å². The van der Waals surface area contributed by atoms with Gasteiger partial charge in [-0.1, -0.05) is 0 Å². The summed E-state index contributed by atoms with van der Waals surface area (Å²) in [6.45, 7) is 3.04. The lowest BCUT2D eigenvalue weighted by molar-refractivity contribution is -0.116. The van der Waals surface area contributed by atoms with Crippen molar-refractivity contribution in [3.05, 3.63) is 26.6 Å². The SMILES string of the molecule is Cc1cc(Br)c(NC(=O)CC2CCCN2)c(Br)c1. The molecule has 2 rings (SSSR count). The van der Waals surface area contributed by atoms with E-state index in [0.29, 0.717) is 12.5 Å². The van der Waals surface area contributed by atoms with E-state index >= 15 is 0 Å². The molecule has 0 aliphatic carbocycles. The highest BCUT2D eigenvalue weighted by Gasteiger charge is 2.18. The van der Waals surface area contributed by atoms with Crippen LogP contribution >= 0.6 is 31.9 Å². The Morgan fingerprint density at radius 3 is 2.67 bits per heavy atom. The van der Waals surface area contributed by atoms with E-state index in [1.807, 2.05) is 19.1 Å². The number of anilines is 1. The fraction of sp³-hybridized carbons (Fsp3) is 0.462. The number of benzene rings is 1. The third-order valence-electron chi connectivity index (χ3n) is 3.05. The molecule has 18 heavy (non-hydrogen) atoms. The summed E-state index contributed by atoms with van der Waals surface area (Å²) in [7, 11) is 0. The molecule has 0 bridgehead atoms. The predicted molar refractivity (Wildman–Crippen MR) is 80.9 cm³/mol. The number of halogens is 2. The number of hydrogen-bond donors (Lipinski definition) is 2. The van der Waals surface area contributed by atoms with Gasteiger partial charge < -0.3 is 10.6 Å². The average Bonchev–Trinajstić information content (AvgIpc) is 2.76. The highest BCUT2D eigenvalue weighted by Crippen LogP contribution is 2.32. The molecule has 0 saturated carbocycles. The Bertz CT molecular complexity index is 433. The summed E-state index contributed by atoms with van der Waals surface area (Å²) >= 11 is 6.96. The van der Waals surface area contributed by atoms with E-state index in [1.165, 1.54) is 0 Å². The molecular formula is C13H16Br2N2O. The van der Waals surface area contributed by atoms with Gasteiger partial charge in [-0.3, -0.25) is 4.79 Å². The lowest BCUT2D eigenvalue weighted by atomic mass is 10.1. The van der Waals surface area contributed by atoms with Gasteiger partial charge in [0.15, 0.2) is 0 Å². The Labute approximate surface area is 124 Å². The molecule has 1 saturated heterocycles. The smallest absolute Gasteiger partial charge is 0.225 e. The average molecular weight is 376 g/mol. The molecule has 1 aromatic carbocycles. The van der Waals surface area contributed by atoms with Gasteiger partial charge in [0.05, 0.1) is 5.69 Å². The van der Waals surface area contributed by atoms with Gasteiger partial charge in [-0.2, -0.15) is 0 Å². The lowest BCUT2D eigenvalue weighted by Crippen LogP contribution is -2.27. The molecule has 1 fully saturated rings. The molecule has 1 heterocycles. The molecule has 3 nitrogen and oxygen atoms in total. The molecule has 1 aliphatic heterocycles. The molecule has 0 spiro atoms. The molecule has 1 amide bonds. The second-order valence-electron chi connectivity index (χ2n) is 4.65. The Balaban J connectivity index is 2.02. The zero-order valence-corrected chi connectivity index (χ0v) is 13.4. The van der Waals surface area contributed by atoms with E-state index in [9.17, 15) is 4.79 Å². The van der Waals surface area contributed by atoms with Gasteiger partial charge in [-0.15, -0.1) is 0 Å². The minimum absolute atomic E-state index is 0.0552. The topological polar surface area (TPSA) is 41.1 Å². The molecule has 2 N–H and O–H groups in total. The summed E-state index contributed by atoms with van der Waals surface area (Å²) in [6, 6.07) is 4.32. The normalized spacial score (nSPS) is 18.9. The van der Waals surface area contributed by atoms with Crippen molar-refractivity contribution in [1.29, 1.82) is 0 Å². The third kappa shape index (κ3) is 3.56. The largest absolute Gasteiger partial charge is 0.324 e. The fourth-order valence-corrected chi connectivity index (χ4v) is 3.78. The molecule has 1 atom stereocenters. The fourth-order valence-electron chi connectivity index (χ4n) is 2.16. The first-order valence-corrected chi connectivity index (χ1v) is 7.64. The standard InChI is InChI=1S/C13H16Br2N2O/c1-8-5-10(14)13(11(15)6-8)17-12(18)7-9-3-2-4-16-9/h5-6,9,16H,2-4,7H2,1H3,(H,17,18). The summed E-state index contributed by atoms with van der Waals surface area (Å²) in [5.41, 5.74) is 1.95. The zero-order valence-electron chi connectivity index (χ0n) is 10.2. The van der Waals surface area contributed by atoms with Crippen LogP contribution < -0.4 is 10.6 Å². The monoisotopic (exact) mass is 374 g/mol. The van der Waals surface area contributed by atoms with E-state index in [4.69, 9.17) is 0 Å². The Morgan fingerprint density at radius 1 is 1.44 bits per heavy atom. The quantitative estimate of drug-likeness (QED) is 0.847. The minimum Gasteiger partial charge on any atom is -0.324 e. The first kappa shape index (κ1) is 14.0. The summed E-state index contributed by atoms with van der Waals surface area (Å²) in [6.07, 6.45) is 2.78. The van der Waals surface area contributed by atoms with Gasteiger partial charge in [0.25, 0.3) is 0 Å². The van der Waals surface area contributed by atoms with Crippen molar-refractivity contribution in [3.63, 3.8) is 0 Å². The maximum Gasteiger partial charge on any atom is 0.225 e. The summed E-state index contributed by atoms with van der Waals surface area (Å²) in [4.78, 5) is 12.0. The van der Waals surface area contributed by atoms with E-state index in [0.717, 1.165) is 39.6 Å². The Hall–Kier alpha value is -0.390. The highest BCUT2D eigenvalue weighted by molar-refractivity contribution is 9.11. The molecular weight excluding hydrogens is 360 g/mol. The summed E-state index contributed by atoms with van der Waals surface area (Å²) in [5.74, 6) is 0.0552. The van der Waals surface area contributed by atoms with Gasteiger partial charge >= 0.3 is 0 Å². The molecule has 1 unspecified atom stereocenters. The van der Waals surface area contributed by atoms with Crippen LogP contribution in [0.4, 0.5) is 5.69 Å². The number of aryl methyl sites for hydroxylation is 1. The molecule has 1 aromatic rings. The van der Waals surface area contributed by atoms with E-state index in [1.54, 1.807) is 0 Å². The maximum absolute atomic E-state index is 12.0. The Kier molecular flexibility index (Phi) is 4.81. The molecule has 0 radical (unpaired) electrons. The number of amides is 1. The van der Waals surface area contributed by atoms with Crippen LogP contribution in [-0.2, 0) is 4.79 Å². The number of carbonyl (C=O) groups excluding carboxylic acids is 1. The number of nitrogens with one attached hydrogen (secondary N) is 2. The van der Waals surface area contributed by atoms with Crippen LogP contribution in [0.5, 0.6) is 0 Å². The minimum atomic E-state index is 0.0552. The van der Waals surface area contributed by atoms with E-state index < -0.39 is 0 Å². The number of hydrogen-bond acceptors (Lipinski definition) is 2. The van der Waals surface area contributed by atoms with Crippen molar-refractivity contribution in [2.75, 3.05) is 11.9 Å². The molecule has 98 valence electrons.